The van der Waals surface area contributed by atoms with Crippen LogP contribution in [0.2, 0.25) is 0 Å². The zero-order valence-electron chi connectivity index (χ0n) is 16.9. The van der Waals surface area contributed by atoms with Gasteiger partial charge >= 0.3 is 0 Å². The van der Waals surface area contributed by atoms with Crippen LogP contribution in [0.5, 0.6) is 0 Å². The quantitative estimate of drug-likeness (QED) is 0.633. The molecule has 1 aromatic carbocycles. The molecule has 1 aliphatic carbocycles. The van der Waals surface area contributed by atoms with Gasteiger partial charge in [0, 0.05) is 26.1 Å². The van der Waals surface area contributed by atoms with Gasteiger partial charge in [0.1, 0.15) is 0 Å². The Kier molecular flexibility index (Phi) is 7.91. The Labute approximate surface area is 169 Å². The molecule has 1 aliphatic heterocycles. The molecule has 1 aromatic rings. The summed E-state index contributed by atoms with van der Waals surface area (Å²) in [6.07, 6.45) is 11.8. The van der Waals surface area contributed by atoms with Crippen molar-refractivity contribution in [3.8, 4) is 0 Å². The van der Waals surface area contributed by atoms with Gasteiger partial charge in [0.05, 0.1) is 4.90 Å². The molecular weight excluding hydrogens is 372 g/mol. The molecule has 156 valence electrons. The van der Waals surface area contributed by atoms with Crippen LogP contribution in [0.1, 0.15) is 69.8 Å². The first-order valence-corrected chi connectivity index (χ1v) is 12.4. The van der Waals surface area contributed by atoms with Gasteiger partial charge in [-0.3, -0.25) is 4.79 Å². The molecule has 0 spiro atoms. The van der Waals surface area contributed by atoms with Crippen LogP contribution in [0.3, 0.4) is 0 Å². The van der Waals surface area contributed by atoms with Gasteiger partial charge in [0.25, 0.3) is 0 Å². The van der Waals surface area contributed by atoms with Crippen LogP contribution in [0, 0.1) is 5.92 Å². The van der Waals surface area contributed by atoms with E-state index in [-0.39, 0.29) is 5.91 Å². The first-order chi connectivity index (χ1) is 13.6. The van der Waals surface area contributed by atoms with E-state index in [4.69, 9.17) is 0 Å². The average molecular weight is 407 g/mol. The molecule has 0 radical (unpaired) electrons. The second-order valence-electron chi connectivity index (χ2n) is 8.25. The first kappa shape index (κ1) is 21.3. The zero-order valence-corrected chi connectivity index (χ0v) is 17.7. The van der Waals surface area contributed by atoms with Gasteiger partial charge in [-0.2, -0.15) is 4.31 Å². The van der Waals surface area contributed by atoms with E-state index in [2.05, 4.69) is 5.32 Å². The molecule has 6 heteroatoms. The van der Waals surface area contributed by atoms with E-state index in [1.54, 1.807) is 16.4 Å². The fourth-order valence-electron chi connectivity index (χ4n) is 4.35. The van der Waals surface area contributed by atoms with Crippen LogP contribution in [-0.2, 0) is 21.2 Å². The van der Waals surface area contributed by atoms with Gasteiger partial charge in [-0.25, -0.2) is 8.42 Å². The molecule has 0 bridgehead atoms. The van der Waals surface area contributed by atoms with E-state index in [1.165, 1.54) is 32.1 Å². The first-order valence-electron chi connectivity index (χ1n) is 10.9. The lowest BCUT2D eigenvalue weighted by molar-refractivity contribution is -0.121. The molecular formula is C22H34N2O3S. The predicted molar refractivity (Wildman–Crippen MR) is 112 cm³/mol. The highest BCUT2D eigenvalue weighted by Crippen LogP contribution is 2.28. The minimum Gasteiger partial charge on any atom is -0.356 e. The average Bonchev–Trinajstić information content (AvgIpc) is 3.24. The Morgan fingerprint density at radius 2 is 1.68 bits per heavy atom. The summed E-state index contributed by atoms with van der Waals surface area (Å²) in [7, 11) is -3.38. The van der Waals surface area contributed by atoms with Crippen molar-refractivity contribution in [2.75, 3.05) is 19.6 Å². The molecule has 2 fully saturated rings. The lowest BCUT2D eigenvalue weighted by Crippen LogP contribution is -2.35. The second kappa shape index (κ2) is 10.4. The van der Waals surface area contributed by atoms with Gasteiger partial charge in [-0.1, -0.05) is 44.2 Å². The molecule has 1 heterocycles. The van der Waals surface area contributed by atoms with E-state index < -0.39 is 10.0 Å². The maximum atomic E-state index is 12.7. The second-order valence-corrected chi connectivity index (χ2v) is 10.2. The van der Waals surface area contributed by atoms with Gasteiger partial charge in [0.2, 0.25) is 15.9 Å². The maximum Gasteiger partial charge on any atom is 0.243 e. The Balaban J connectivity index is 1.39. The van der Waals surface area contributed by atoms with Gasteiger partial charge in [-0.05, 0) is 55.7 Å². The van der Waals surface area contributed by atoms with Crippen molar-refractivity contribution in [3.05, 3.63) is 29.8 Å². The SMILES string of the molecule is O=C(CCc1ccc(S(=O)(=O)N2CCCCC2)cc1)NCCCC1CCCC1. The topological polar surface area (TPSA) is 66.5 Å². The number of amides is 1. The molecule has 0 aromatic heterocycles. The number of nitrogens with one attached hydrogen (secondary N) is 1. The number of piperidine rings is 1. The van der Waals surface area contributed by atoms with Crippen LogP contribution < -0.4 is 5.32 Å². The monoisotopic (exact) mass is 406 g/mol. The predicted octanol–water partition coefficient (Wildman–Crippen LogP) is 3.88. The van der Waals surface area contributed by atoms with Crippen molar-refractivity contribution in [3.63, 3.8) is 0 Å². The third kappa shape index (κ3) is 6.05. The number of nitrogens with zero attached hydrogens (tertiary/aromatic N) is 1. The van der Waals surface area contributed by atoms with E-state index in [1.807, 2.05) is 12.1 Å². The lowest BCUT2D eigenvalue weighted by atomic mass is 10.0. The van der Waals surface area contributed by atoms with Crippen LogP contribution in [0.25, 0.3) is 0 Å². The zero-order chi connectivity index (χ0) is 19.8. The van der Waals surface area contributed by atoms with E-state index in [0.29, 0.717) is 30.8 Å². The highest BCUT2D eigenvalue weighted by atomic mass is 32.2. The van der Waals surface area contributed by atoms with Crippen LogP contribution in [0.15, 0.2) is 29.2 Å². The molecule has 0 unspecified atom stereocenters. The van der Waals surface area contributed by atoms with Crippen molar-refractivity contribution in [2.45, 2.75) is 75.5 Å². The molecule has 3 rings (SSSR count). The van der Waals surface area contributed by atoms with E-state index in [0.717, 1.165) is 43.7 Å². The van der Waals surface area contributed by atoms with Crippen molar-refractivity contribution in [1.29, 1.82) is 0 Å². The molecule has 28 heavy (non-hydrogen) atoms. The highest BCUT2D eigenvalue weighted by molar-refractivity contribution is 7.89. The van der Waals surface area contributed by atoms with Gasteiger partial charge in [0.15, 0.2) is 0 Å². The summed E-state index contributed by atoms with van der Waals surface area (Å²) in [5, 5.41) is 3.01. The van der Waals surface area contributed by atoms with Crippen molar-refractivity contribution < 1.29 is 13.2 Å². The summed E-state index contributed by atoms with van der Waals surface area (Å²) < 4.78 is 26.9. The Morgan fingerprint density at radius 3 is 2.36 bits per heavy atom. The Bertz CT molecular complexity index is 719. The fraction of sp³-hybridized carbons (Fsp3) is 0.682. The van der Waals surface area contributed by atoms with Crippen molar-refractivity contribution in [2.24, 2.45) is 5.92 Å². The number of sulfonamides is 1. The number of aryl methyl sites for hydroxylation is 1. The number of hydrogen-bond acceptors (Lipinski definition) is 3. The van der Waals surface area contributed by atoms with Crippen LogP contribution in [0.4, 0.5) is 0 Å². The summed E-state index contributed by atoms with van der Waals surface area (Å²) >= 11 is 0. The number of carbonyl (C=O) groups excluding carboxylic acids is 1. The lowest BCUT2D eigenvalue weighted by Gasteiger charge is -2.25. The molecule has 1 amide bonds. The third-order valence-corrected chi connectivity index (χ3v) is 8.02. The van der Waals surface area contributed by atoms with Crippen LogP contribution in [-0.4, -0.2) is 38.3 Å². The summed E-state index contributed by atoms with van der Waals surface area (Å²) in [5.74, 6) is 0.952. The van der Waals surface area contributed by atoms with Crippen LogP contribution >= 0.6 is 0 Å². The Hall–Kier alpha value is -1.40. The largest absolute Gasteiger partial charge is 0.356 e. The van der Waals surface area contributed by atoms with E-state index in [9.17, 15) is 13.2 Å². The molecule has 0 atom stereocenters. The fourth-order valence-corrected chi connectivity index (χ4v) is 5.86. The number of hydrogen-bond donors (Lipinski definition) is 1. The van der Waals surface area contributed by atoms with Crippen molar-refractivity contribution >= 4 is 15.9 Å². The third-order valence-electron chi connectivity index (χ3n) is 6.10. The molecule has 1 saturated heterocycles. The van der Waals surface area contributed by atoms with E-state index >= 15 is 0 Å². The highest BCUT2D eigenvalue weighted by Gasteiger charge is 2.25. The van der Waals surface area contributed by atoms with Crippen molar-refractivity contribution in [1.82, 2.24) is 9.62 Å². The normalized spacial score (nSPS) is 19.0. The number of rotatable bonds is 9. The minimum absolute atomic E-state index is 0.0800. The standard InChI is InChI=1S/C22H34N2O3S/c25-22(23-16-6-9-19-7-2-3-8-19)15-12-20-10-13-21(14-11-20)28(26,27)24-17-4-1-5-18-24/h10-11,13-14,19H,1-9,12,15-18H2,(H,23,25). The summed E-state index contributed by atoms with van der Waals surface area (Å²) in [5.41, 5.74) is 0.999. The number of benzene rings is 1. The Morgan fingerprint density at radius 1 is 1.00 bits per heavy atom. The maximum absolute atomic E-state index is 12.7. The summed E-state index contributed by atoms with van der Waals surface area (Å²) in [6.45, 7) is 2.00. The van der Waals surface area contributed by atoms with Gasteiger partial charge in [-0.15, -0.1) is 0 Å². The number of carbonyl (C=O) groups is 1. The summed E-state index contributed by atoms with van der Waals surface area (Å²) in [4.78, 5) is 12.4. The molecule has 1 N–H and O–H groups in total. The van der Waals surface area contributed by atoms with Gasteiger partial charge < -0.3 is 5.32 Å². The molecule has 2 aliphatic rings. The minimum atomic E-state index is -3.38. The molecule has 5 nitrogen and oxygen atoms in total. The molecule has 1 saturated carbocycles. The smallest absolute Gasteiger partial charge is 0.243 e. The summed E-state index contributed by atoms with van der Waals surface area (Å²) in [6, 6.07) is 7.03.